The second kappa shape index (κ2) is 8.56. The van der Waals surface area contributed by atoms with Crippen molar-refractivity contribution in [1.29, 1.82) is 0 Å². The number of halogens is 2. The first-order chi connectivity index (χ1) is 17.7. The SMILES string of the molecule is COc1cc(Cl)cc2c3c(N)ncnc3n(CC(=O)N3[C@H](C(=O)Nc4cccc(Br)n4)C[C@@]4(C)C[C@@H]34)c12. The van der Waals surface area contributed by atoms with E-state index in [1.807, 2.05) is 0 Å². The smallest absolute Gasteiger partial charge is 0.248 e. The predicted molar refractivity (Wildman–Crippen MR) is 143 cm³/mol. The third-order valence-electron chi connectivity index (χ3n) is 7.40. The number of hydrogen-bond acceptors (Lipinski definition) is 7. The van der Waals surface area contributed by atoms with Gasteiger partial charge in [-0.3, -0.25) is 9.59 Å². The minimum atomic E-state index is -0.610. The zero-order chi connectivity index (χ0) is 26.1. The van der Waals surface area contributed by atoms with Gasteiger partial charge in [0, 0.05) is 22.5 Å². The van der Waals surface area contributed by atoms with Gasteiger partial charge >= 0.3 is 0 Å². The van der Waals surface area contributed by atoms with Crippen molar-refractivity contribution in [2.24, 2.45) is 5.41 Å². The highest BCUT2D eigenvalue weighted by atomic mass is 79.9. The number of rotatable bonds is 5. The maximum absolute atomic E-state index is 13.9. The number of aromatic nitrogens is 4. The highest BCUT2D eigenvalue weighted by Gasteiger charge is 2.64. The van der Waals surface area contributed by atoms with Gasteiger partial charge in [-0.05, 0) is 52.4 Å². The lowest BCUT2D eigenvalue weighted by Gasteiger charge is -2.27. The molecule has 0 radical (unpaired) electrons. The number of piperidine rings is 1. The van der Waals surface area contributed by atoms with Crippen molar-refractivity contribution in [3.63, 3.8) is 0 Å². The number of methoxy groups -OCH3 is 1. The zero-order valence-corrected chi connectivity index (χ0v) is 22.4. The Balaban J connectivity index is 1.38. The van der Waals surface area contributed by atoms with Gasteiger partial charge in [0.2, 0.25) is 11.8 Å². The molecule has 1 aromatic carbocycles. The second-order valence-corrected chi connectivity index (χ2v) is 11.0. The van der Waals surface area contributed by atoms with Crippen LogP contribution in [0.2, 0.25) is 5.02 Å². The third-order valence-corrected chi connectivity index (χ3v) is 8.06. The molecule has 0 spiro atoms. The molecule has 3 N–H and O–H groups in total. The van der Waals surface area contributed by atoms with Crippen LogP contribution in [0.15, 0.2) is 41.3 Å². The molecule has 4 aromatic rings. The number of nitrogens with two attached hydrogens (primary N) is 1. The van der Waals surface area contributed by atoms with Gasteiger partial charge in [0.25, 0.3) is 0 Å². The average molecular weight is 585 g/mol. The number of likely N-dealkylation sites (tertiary alicyclic amines) is 1. The molecule has 3 atom stereocenters. The number of carbonyl (C=O) groups excluding carboxylic acids is 2. The van der Waals surface area contributed by atoms with E-state index in [0.717, 1.165) is 6.42 Å². The number of hydrogen-bond donors (Lipinski definition) is 2. The Morgan fingerprint density at radius 1 is 1.30 bits per heavy atom. The number of ether oxygens (including phenoxy) is 1. The Labute approximate surface area is 225 Å². The Hall–Kier alpha value is -3.44. The van der Waals surface area contributed by atoms with Gasteiger partial charge in [0.05, 0.1) is 18.0 Å². The Kier molecular flexibility index (Phi) is 5.53. The molecule has 1 saturated heterocycles. The number of nitrogens with zero attached hydrogens (tertiary/aromatic N) is 5. The predicted octanol–water partition coefficient (Wildman–Crippen LogP) is 4.00. The molecule has 2 fully saturated rings. The quantitative estimate of drug-likeness (QED) is 0.339. The summed E-state index contributed by atoms with van der Waals surface area (Å²) in [5, 5.41) is 4.62. The van der Waals surface area contributed by atoms with Crippen LogP contribution in [0.5, 0.6) is 5.75 Å². The van der Waals surface area contributed by atoms with Crippen LogP contribution in [-0.2, 0) is 16.1 Å². The summed E-state index contributed by atoms with van der Waals surface area (Å²) in [6.07, 6.45) is 2.81. The van der Waals surface area contributed by atoms with Crippen LogP contribution < -0.4 is 15.8 Å². The standard InChI is InChI=1S/C25H23BrClN7O3/c1-25-8-14(24(36)32-18-5-3-4-17(26)31-18)34(16(25)9-25)19(35)10-33-21-13(6-12(27)7-15(21)37-2)20-22(28)29-11-30-23(20)33/h3-7,11,14,16H,8-10H2,1-2H3,(H2,28,29,30)(H,31,32,36)/t14-,16+,25-/m0/s1. The number of benzene rings is 1. The molecule has 37 heavy (non-hydrogen) atoms. The van der Waals surface area contributed by atoms with Crippen molar-refractivity contribution in [1.82, 2.24) is 24.4 Å². The summed E-state index contributed by atoms with van der Waals surface area (Å²) in [7, 11) is 1.54. The molecule has 6 rings (SSSR count). The van der Waals surface area contributed by atoms with Crippen molar-refractivity contribution >= 4 is 72.9 Å². The van der Waals surface area contributed by atoms with E-state index in [9.17, 15) is 9.59 Å². The molecule has 3 aromatic heterocycles. The summed E-state index contributed by atoms with van der Waals surface area (Å²) in [5.74, 6) is 0.737. The lowest BCUT2D eigenvalue weighted by molar-refractivity contribution is -0.138. The Morgan fingerprint density at radius 3 is 2.86 bits per heavy atom. The number of nitrogen functional groups attached to an aromatic ring is 1. The summed E-state index contributed by atoms with van der Waals surface area (Å²) in [6.45, 7) is 2.06. The highest BCUT2D eigenvalue weighted by molar-refractivity contribution is 9.10. The normalized spacial score (nSPS) is 22.3. The minimum absolute atomic E-state index is 0.00431. The van der Waals surface area contributed by atoms with Crippen molar-refractivity contribution in [3.05, 3.63) is 46.3 Å². The molecule has 0 unspecified atom stereocenters. The van der Waals surface area contributed by atoms with E-state index in [4.69, 9.17) is 22.1 Å². The first-order valence-electron chi connectivity index (χ1n) is 11.7. The summed E-state index contributed by atoms with van der Waals surface area (Å²) >= 11 is 9.67. The monoisotopic (exact) mass is 583 g/mol. The molecule has 4 heterocycles. The molecule has 190 valence electrons. The first-order valence-corrected chi connectivity index (χ1v) is 12.9. The minimum Gasteiger partial charge on any atom is -0.494 e. The third kappa shape index (κ3) is 3.88. The topological polar surface area (TPSA) is 128 Å². The van der Waals surface area contributed by atoms with E-state index in [2.05, 4.69) is 43.1 Å². The lowest BCUT2D eigenvalue weighted by Crippen LogP contribution is -2.46. The molecule has 1 aliphatic heterocycles. The van der Waals surface area contributed by atoms with E-state index >= 15 is 0 Å². The summed E-state index contributed by atoms with van der Waals surface area (Å²) in [4.78, 5) is 41.8. The van der Waals surface area contributed by atoms with Gasteiger partial charge in [-0.25, -0.2) is 15.0 Å². The number of anilines is 2. The Bertz CT molecular complexity index is 1610. The van der Waals surface area contributed by atoms with Crippen LogP contribution in [0.4, 0.5) is 11.6 Å². The number of fused-ring (bicyclic) bond motifs is 4. The van der Waals surface area contributed by atoms with E-state index in [0.29, 0.717) is 49.6 Å². The fourth-order valence-corrected chi connectivity index (χ4v) is 6.13. The van der Waals surface area contributed by atoms with E-state index in [1.165, 1.54) is 13.4 Å². The molecule has 1 aliphatic carbocycles. The molecular formula is C25H23BrClN7O3. The maximum Gasteiger partial charge on any atom is 0.248 e. The van der Waals surface area contributed by atoms with Crippen molar-refractivity contribution in [2.45, 2.75) is 38.4 Å². The van der Waals surface area contributed by atoms with Crippen LogP contribution in [0, 0.1) is 5.41 Å². The maximum atomic E-state index is 13.9. The summed E-state index contributed by atoms with van der Waals surface area (Å²) < 4.78 is 7.99. The average Bonchev–Trinajstić information content (AvgIpc) is 3.26. The van der Waals surface area contributed by atoms with Gasteiger partial charge < -0.3 is 25.3 Å². The molecule has 12 heteroatoms. The van der Waals surface area contributed by atoms with Gasteiger partial charge in [0.1, 0.15) is 46.5 Å². The number of carbonyl (C=O) groups is 2. The van der Waals surface area contributed by atoms with Gasteiger partial charge in [-0.1, -0.05) is 24.6 Å². The van der Waals surface area contributed by atoms with Gasteiger partial charge in [-0.15, -0.1) is 0 Å². The second-order valence-electron chi connectivity index (χ2n) is 9.78. The van der Waals surface area contributed by atoms with Gasteiger partial charge in [-0.2, -0.15) is 0 Å². The van der Waals surface area contributed by atoms with Crippen LogP contribution >= 0.6 is 27.5 Å². The highest BCUT2D eigenvalue weighted by Crippen LogP contribution is 2.59. The van der Waals surface area contributed by atoms with Crippen LogP contribution in [0.25, 0.3) is 21.9 Å². The number of pyridine rings is 1. The zero-order valence-electron chi connectivity index (χ0n) is 20.0. The lowest BCUT2D eigenvalue weighted by atomic mass is 10.0. The van der Waals surface area contributed by atoms with Crippen LogP contribution in [0.1, 0.15) is 19.8 Å². The molecule has 10 nitrogen and oxygen atoms in total. The molecule has 1 saturated carbocycles. The van der Waals surface area contributed by atoms with E-state index < -0.39 is 6.04 Å². The summed E-state index contributed by atoms with van der Waals surface area (Å²) in [5.41, 5.74) is 7.27. The van der Waals surface area contributed by atoms with Crippen LogP contribution in [-0.4, -0.2) is 55.4 Å². The fourth-order valence-electron chi connectivity index (χ4n) is 5.58. The van der Waals surface area contributed by atoms with Crippen molar-refractivity contribution in [3.8, 4) is 5.75 Å². The molecular weight excluding hydrogens is 562 g/mol. The van der Waals surface area contributed by atoms with Gasteiger partial charge in [0.15, 0.2) is 0 Å². The number of nitrogens with one attached hydrogen (secondary N) is 1. The van der Waals surface area contributed by atoms with Crippen LogP contribution in [0.3, 0.4) is 0 Å². The largest absolute Gasteiger partial charge is 0.494 e. The fraction of sp³-hybridized carbons (Fsp3) is 0.320. The van der Waals surface area contributed by atoms with Crippen molar-refractivity contribution in [2.75, 3.05) is 18.2 Å². The van der Waals surface area contributed by atoms with E-state index in [-0.39, 0.29) is 35.6 Å². The Morgan fingerprint density at radius 2 is 2.11 bits per heavy atom. The molecule has 2 amide bonds. The molecule has 2 aliphatic rings. The number of amides is 2. The first kappa shape index (κ1) is 23.9. The molecule has 0 bridgehead atoms. The van der Waals surface area contributed by atoms with Crippen molar-refractivity contribution < 1.29 is 14.3 Å². The van der Waals surface area contributed by atoms with E-state index in [1.54, 1.807) is 39.8 Å². The summed E-state index contributed by atoms with van der Waals surface area (Å²) in [6, 6.07) is 8.11.